The van der Waals surface area contributed by atoms with Gasteiger partial charge < -0.3 is 15.0 Å². The maximum atomic E-state index is 13.0. The van der Waals surface area contributed by atoms with Crippen LogP contribution in [0.1, 0.15) is 25.8 Å². The Hall–Kier alpha value is -2.31. The highest BCUT2D eigenvalue weighted by molar-refractivity contribution is 6.42. The van der Waals surface area contributed by atoms with Crippen molar-refractivity contribution in [1.82, 2.24) is 10.2 Å². The van der Waals surface area contributed by atoms with Crippen molar-refractivity contribution < 1.29 is 18.7 Å². The molecule has 29 heavy (non-hydrogen) atoms. The number of hydrogen-bond acceptors (Lipinski definition) is 3. The van der Waals surface area contributed by atoms with Crippen molar-refractivity contribution in [3.05, 3.63) is 63.9 Å². The van der Waals surface area contributed by atoms with Crippen LogP contribution in [0.15, 0.2) is 42.5 Å². The smallest absolute Gasteiger partial charge is 0.261 e. The van der Waals surface area contributed by atoms with E-state index >= 15 is 0 Å². The number of nitrogens with one attached hydrogen (secondary N) is 1. The predicted molar refractivity (Wildman–Crippen MR) is 112 cm³/mol. The fourth-order valence-electron chi connectivity index (χ4n) is 2.57. The minimum absolute atomic E-state index is 0.156. The number of amides is 2. The van der Waals surface area contributed by atoms with Gasteiger partial charge in [-0.3, -0.25) is 9.59 Å². The maximum Gasteiger partial charge on any atom is 0.261 e. The zero-order chi connectivity index (χ0) is 21.4. The van der Waals surface area contributed by atoms with Crippen LogP contribution in [0.2, 0.25) is 10.0 Å². The fourth-order valence-corrected chi connectivity index (χ4v) is 2.89. The highest BCUT2D eigenvalue weighted by Crippen LogP contribution is 2.24. The molecule has 156 valence electrons. The maximum absolute atomic E-state index is 13.0. The lowest BCUT2D eigenvalue weighted by atomic mass is 10.1. The number of carbonyl (C=O) groups is 2. The molecule has 0 spiro atoms. The highest BCUT2D eigenvalue weighted by atomic mass is 35.5. The summed E-state index contributed by atoms with van der Waals surface area (Å²) in [5.41, 5.74) is 0.727. The molecule has 2 aromatic carbocycles. The van der Waals surface area contributed by atoms with Crippen LogP contribution in [0.5, 0.6) is 5.75 Å². The molecule has 0 aliphatic carbocycles. The molecular formula is C21H23Cl2FN2O3. The summed E-state index contributed by atoms with van der Waals surface area (Å²) in [6, 6.07) is 9.67. The van der Waals surface area contributed by atoms with Gasteiger partial charge in [0, 0.05) is 13.1 Å². The Morgan fingerprint density at radius 2 is 1.83 bits per heavy atom. The molecule has 5 nitrogen and oxygen atoms in total. The van der Waals surface area contributed by atoms with Gasteiger partial charge in [0.2, 0.25) is 5.91 Å². The first-order valence-electron chi connectivity index (χ1n) is 9.21. The number of nitrogens with zero attached hydrogens (tertiary/aromatic N) is 1. The van der Waals surface area contributed by atoms with Crippen molar-refractivity contribution in [1.29, 1.82) is 0 Å². The molecule has 2 amide bonds. The number of hydrogen-bond donors (Lipinski definition) is 1. The van der Waals surface area contributed by atoms with Crippen molar-refractivity contribution >= 4 is 35.0 Å². The summed E-state index contributed by atoms with van der Waals surface area (Å²) in [4.78, 5) is 26.7. The van der Waals surface area contributed by atoms with E-state index in [9.17, 15) is 14.0 Å². The number of halogens is 3. The number of ether oxygens (including phenoxy) is 1. The topological polar surface area (TPSA) is 58.6 Å². The molecule has 0 aromatic heterocycles. The first-order chi connectivity index (χ1) is 13.8. The first kappa shape index (κ1) is 23.0. The largest absolute Gasteiger partial charge is 0.484 e. The van der Waals surface area contributed by atoms with Crippen LogP contribution < -0.4 is 10.1 Å². The molecule has 0 saturated heterocycles. The molecule has 1 atom stereocenters. The van der Waals surface area contributed by atoms with Crippen LogP contribution in [0.25, 0.3) is 0 Å². The van der Waals surface area contributed by atoms with Crippen molar-refractivity contribution in [3.8, 4) is 5.75 Å². The molecule has 0 aliphatic rings. The zero-order valence-electron chi connectivity index (χ0n) is 16.3. The van der Waals surface area contributed by atoms with E-state index in [2.05, 4.69) is 5.32 Å². The van der Waals surface area contributed by atoms with Gasteiger partial charge >= 0.3 is 0 Å². The Morgan fingerprint density at radius 1 is 1.14 bits per heavy atom. The lowest BCUT2D eigenvalue weighted by Crippen LogP contribution is -2.49. The first-order valence-corrected chi connectivity index (χ1v) is 9.97. The lowest BCUT2D eigenvalue weighted by molar-refractivity contribution is -0.142. The van der Waals surface area contributed by atoms with E-state index in [4.69, 9.17) is 27.9 Å². The molecule has 0 bridgehead atoms. The Bertz CT molecular complexity index is 846. The Kier molecular flexibility index (Phi) is 8.73. The molecule has 0 saturated carbocycles. The normalized spacial score (nSPS) is 11.6. The van der Waals surface area contributed by atoms with E-state index in [-0.39, 0.29) is 25.0 Å². The van der Waals surface area contributed by atoms with Gasteiger partial charge in [0.05, 0.1) is 10.0 Å². The summed E-state index contributed by atoms with van der Waals surface area (Å²) in [5, 5.41) is 3.56. The SMILES string of the molecule is CCCNC(=O)[C@@H](C)N(Cc1ccc(Cl)c(Cl)c1)C(=O)COc1ccc(F)cc1. The second-order valence-corrected chi connectivity index (χ2v) is 7.29. The molecule has 2 rings (SSSR count). The van der Waals surface area contributed by atoms with E-state index in [1.54, 1.807) is 25.1 Å². The van der Waals surface area contributed by atoms with Gasteiger partial charge in [0.25, 0.3) is 5.91 Å². The summed E-state index contributed by atoms with van der Waals surface area (Å²) in [6.07, 6.45) is 0.785. The third kappa shape index (κ3) is 6.91. The van der Waals surface area contributed by atoms with Gasteiger partial charge in [-0.25, -0.2) is 4.39 Å². The molecule has 8 heteroatoms. The summed E-state index contributed by atoms with van der Waals surface area (Å²) in [5.74, 6) is -0.690. The minimum Gasteiger partial charge on any atom is -0.484 e. The van der Waals surface area contributed by atoms with E-state index in [0.717, 1.165) is 12.0 Å². The van der Waals surface area contributed by atoms with E-state index in [1.807, 2.05) is 6.92 Å². The van der Waals surface area contributed by atoms with Crippen LogP contribution in [-0.2, 0) is 16.1 Å². The van der Waals surface area contributed by atoms with Crippen molar-refractivity contribution in [2.75, 3.05) is 13.2 Å². The van der Waals surface area contributed by atoms with Gasteiger partial charge in [-0.1, -0.05) is 36.2 Å². The Morgan fingerprint density at radius 3 is 2.45 bits per heavy atom. The molecule has 0 aliphatic heterocycles. The van der Waals surface area contributed by atoms with Gasteiger partial charge in [-0.15, -0.1) is 0 Å². The third-order valence-electron chi connectivity index (χ3n) is 4.23. The van der Waals surface area contributed by atoms with Crippen molar-refractivity contribution in [3.63, 3.8) is 0 Å². The standard InChI is InChI=1S/C21H23Cl2FN2O3/c1-3-10-25-21(28)14(2)26(12-15-4-9-18(22)19(23)11-15)20(27)13-29-17-7-5-16(24)6-8-17/h4-9,11,14H,3,10,12-13H2,1-2H3,(H,25,28)/t14-/m1/s1. The molecule has 0 radical (unpaired) electrons. The van der Waals surface area contributed by atoms with Crippen molar-refractivity contribution in [2.45, 2.75) is 32.9 Å². The van der Waals surface area contributed by atoms with Crippen LogP contribution in [-0.4, -0.2) is 35.9 Å². The predicted octanol–water partition coefficient (Wildman–Crippen LogP) is 4.45. The Labute approximate surface area is 179 Å². The van der Waals surface area contributed by atoms with Crippen LogP contribution in [0.3, 0.4) is 0 Å². The summed E-state index contributed by atoms with van der Waals surface area (Å²) in [7, 11) is 0. The molecule has 1 N–H and O–H groups in total. The van der Waals surface area contributed by atoms with E-state index in [0.29, 0.717) is 22.3 Å². The van der Waals surface area contributed by atoms with Crippen molar-refractivity contribution in [2.24, 2.45) is 0 Å². The van der Waals surface area contributed by atoms with Gasteiger partial charge in [0.15, 0.2) is 6.61 Å². The monoisotopic (exact) mass is 440 g/mol. The number of rotatable bonds is 9. The second-order valence-electron chi connectivity index (χ2n) is 6.48. The summed E-state index contributed by atoms with van der Waals surface area (Å²) in [6.45, 7) is 3.98. The molecule has 0 unspecified atom stereocenters. The van der Waals surface area contributed by atoms with Crippen LogP contribution >= 0.6 is 23.2 Å². The quantitative estimate of drug-likeness (QED) is 0.626. The zero-order valence-corrected chi connectivity index (χ0v) is 17.8. The van der Waals surface area contributed by atoms with E-state index < -0.39 is 11.9 Å². The second kappa shape index (κ2) is 11.0. The average Bonchev–Trinajstić information content (AvgIpc) is 2.71. The van der Waals surface area contributed by atoms with Crippen LogP contribution in [0.4, 0.5) is 4.39 Å². The molecular weight excluding hydrogens is 418 g/mol. The molecule has 0 heterocycles. The Balaban J connectivity index is 2.15. The third-order valence-corrected chi connectivity index (χ3v) is 4.97. The minimum atomic E-state index is -0.722. The van der Waals surface area contributed by atoms with Crippen LogP contribution in [0, 0.1) is 5.82 Å². The average molecular weight is 441 g/mol. The highest BCUT2D eigenvalue weighted by Gasteiger charge is 2.26. The van der Waals surface area contributed by atoms with Gasteiger partial charge in [0.1, 0.15) is 17.6 Å². The molecule has 0 fully saturated rings. The number of benzene rings is 2. The number of carbonyl (C=O) groups excluding carboxylic acids is 2. The fraction of sp³-hybridized carbons (Fsp3) is 0.333. The van der Waals surface area contributed by atoms with Gasteiger partial charge in [-0.2, -0.15) is 0 Å². The van der Waals surface area contributed by atoms with E-state index in [1.165, 1.54) is 29.2 Å². The summed E-state index contributed by atoms with van der Waals surface area (Å²) >= 11 is 12.0. The van der Waals surface area contributed by atoms with Gasteiger partial charge in [-0.05, 0) is 55.3 Å². The lowest BCUT2D eigenvalue weighted by Gasteiger charge is -2.28. The molecule has 2 aromatic rings. The summed E-state index contributed by atoms with van der Waals surface area (Å²) < 4.78 is 18.5.